The maximum atomic E-state index is 12.7. The maximum absolute atomic E-state index is 12.7. The van der Waals surface area contributed by atoms with Crippen LogP contribution in [0.2, 0.25) is 0 Å². The monoisotopic (exact) mass is 521 g/mol. The van der Waals surface area contributed by atoms with E-state index in [9.17, 15) is 13.2 Å². The van der Waals surface area contributed by atoms with Crippen LogP contribution in [-0.2, 0) is 28.5 Å². The van der Waals surface area contributed by atoms with E-state index in [0.717, 1.165) is 24.2 Å². The van der Waals surface area contributed by atoms with E-state index >= 15 is 0 Å². The zero-order valence-electron chi connectivity index (χ0n) is 22.5. The van der Waals surface area contributed by atoms with Crippen molar-refractivity contribution in [3.8, 4) is 0 Å². The molecule has 0 saturated heterocycles. The molecule has 2 N–H and O–H groups in total. The fraction of sp³-hybridized carbons (Fsp3) is 0.367. The number of nitrogens with one attached hydrogen (secondary N) is 2. The molecular weight excluding hydrogens is 482 g/mol. The Morgan fingerprint density at radius 2 is 1.49 bits per heavy atom. The van der Waals surface area contributed by atoms with Crippen molar-refractivity contribution in [2.75, 3.05) is 13.1 Å². The van der Waals surface area contributed by atoms with Crippen molar-refractivity contribution >= 4 is 15.9 Å². The van der Waals surface area contributed by atoms with Gasteiger partial charge in [-0.1, -0.05) is 75.4 Å². The van der Waals surface area contributed by atoms with Crippen molar-refractivity contribution in [2.45, 2.75) is 64.1 Å². The molecular formula is C30H39N3O3S. The Morgan fingerprint density at radius 1 is 0.865 bits per heavy atom. The second kappa shape index (κ2) is 12.5. The molecule has 0 aliphatic heterocycles. The zero-order valence-corrected chi connectivity index (χ0v) is 23.3. The summed E-state index contributed by atoms with van der Waals surface area (Å²) in [5, 5.41) is 2.99. The lowest BCUT2D eigenvalue weighted by atomic mass is 9.87. The van der Waals surface area contributed by atoms with Gasteiger partial charge in [0.2, 0.25) is 10.0 Å². The quantitative estimate of drug-likeness (QED) is 0.368. The van der Waals surface area contributed by atoms with E-state index in [2.05, 4.69) is 61.7 Å². The van der Waals surface area contributed by atoms with Gasteiger partial charge in [0.25, 0.3) is 5.91 Å². The molecule has 3 aromatic rings. The fourth-order valence-electron chi connectivity index (χ4n) is 3.92. The van der Waals surface area contributed by atoms with Crippen molar-refractivity contribution in [1.82, 2.24) is 14.9 Å². The Labute approximate surface area is 222 Å². The summed E-state index contributed by atoms with van der Waals surface area (Å²) in [7, 11) is -3.63. The van der Waals surface area contributed by atoms with E-state index in [0.29, 0.717) is 18.2 Å². The first-order valence-corrected chi connectivity index (χ1v) is 14.2. The Balaban J connectivity index is 1.50. The predicted molar refractivity (Wildman–Crippen MR) is 150 cm³/mol. The van der Waals surface area contributed by atoms with Crippen LogP contribution in [0.1, 0.15) is 61.7 Å². The molecule has 6 nitrogen and oxygen atoms in total. The smallest absolute Gasteiger partial charge is 0.251 e. The van der Waals surface area contributed by atoms with Crippen LogP contribution in [0.5, 0.6) is 0 Å². The van der Waals surface area contributed by atoms with Crippen molar-refractivity contribution in [3.05, 3.63) is 101 Å². The van der Waals surface area contributed by atoms with Gasteiger partial charge in [-0.3, -0.25) is 9.69 Å². The van der Waals surface area contributed by atoms with Gasteiger partial charge >= 0.3 is 0 Å². The number of nitrogens with zero attached hydrogens (tertiary/aromatic N) is 1. The first-order chi connectivity index (χ1) is 17.5. The van der Waals surface area contributed by atoms with Crippen LogP contribution < -0.4 is 10.0 Å². The van der Waals surface area contributed by atoms with E-state index in [1.54, 1.807) is 36.4 Å². The van der Waals surface area contributed by atoms with Gasteiger partial charge < -0.3 is 5.32 Å². The molecule has 37 heavy (non-hydrogen) atoms. The number of sulfonamides is 1. The molecule has 3 aromatic carbocycles. The SMILES string of the molecule is CC(C)N(CCNC(=O)c1ccc(CNS(=O)(=O)c2ccc(C(C)(C)C)cc2)cc1)Cc1ccccc1. The van der Waals surface area contributed by atoms with Crippen molar-refractivity contribution in [2.24, 2.45) is 0 Å². The van der Waals surface area contributed by atoms with E-state index < -0.39 is 10.0 Å². The highest BCUT2D eigenvalue weighted by Crippen LogP contribution is 2.23. The van der Waals surface area contributed by atoms with Crippen molar-refractivity contribution in [3.63, 3.8) is 0 Å². The molecule has 1 amide bonds. The molecule has 0 aliphatic rings. The summed E-state index contributed by atoms with van der Waals surface area (Å²) >= 11 is 0. The van der Waals surface area contributed by atoms with E-state index in [1.165, 1.54) is 5.56 Å². The largest absolute Gasteiger partial charge is 0.351 e. The third-order valence-electron chi connectivity index (χ3n) is 6.36. The van der Waals surface area contributed by atoms with Crippen LogP contribution in [0.15, 0.2) is 83.8 Å². The van der Waals surface area contributed by atoms with Crippen LogP contribution in [-0.4, -0.2) is 38.4 Å². The molecule has 0 radical (unpaired) electrons. The summed E-state index contributed by atoms with van der Waals surface area (Å²) in [6.07, 6.45) is 0. The highest BCUT2D eigenvalue weighted by Gasteiger charge is 2.18. The Bertz CT molecular complexity index is 1250. The first-order valence-electron chi connectivity index (χ1n) is 12.7. The number of amides is 1. The number of benzene rings is 3. The molecule has 0 aliphatic carbocycles. The summed E-state index contributed by atoms with van der Waals surface area (Å²) < 4.78 is 28.0. The van der Waals surface area contributed by atoms with Gasteiger partial charge in [0.05, 0.1) is 4.90 Å². The molecule has 0 fully saturated rings. The van der Waals surface area contributed by atoms with Crippen molar-refractivity contribution < 1.29 is 13.2 Å². The topological polar surface area (TPSA) is 78.5 Å². The molecule has 0 saturated carbocycles. The molecule has 0 aromatic heterocycles. The highest BCUT2D eigenvalue weighted by molar-refractivity contribution is 7.89. The van der Waals surface area contributed by atoms with Gasteiger partial charge in [-0.2, -0.15) is 0 Å². The van der Waals surface area contributed by atoms with Crippen molar-refractivity contribution in [1.29, 1.82) is 0 Å². The Hall–Kier alpha value is -3.00. The van der Waals surface area contributed by atoms with E-state index in [4.69, 9.17) is 0 Å². The van der Waals surface area contributed by atoms with Crippen LogP contribution in [0, 0.1) is 0 Å². The second-order valence-corrected chi connectivity index (χ2v) is 12.4. The summed E-state index contributed by atoms with van der Waals surface area (Å²) in [6, 6.07) is 24.6. The summed E-state index contributed by atoms with van der Waals surface area (Å²) in [6.45, 7) is 12.8. The summed E-state index contributed by atoms with van der Waals surface area (Å²) in [5.74, 6) is -0.144. The van der Waals surface area contributed by atoms with Gasteiger partial charge in [-0.25, -0.2) is 13.1 Å². The Kier molecular flexibility index (Phi) is 9.65. The summed E-state index contributed by atoms with van der Waals surface area (Å²) in [5.41, 5.74) is 3.60. The average molecular weight is 522 g/mol. The minimum Gasteiger partial charge on any atom is -0.351 e. The lowest BCUT2D eigenvalue weighted by Crippen LogP contribution is -2.38. The Morgan fingerprint density at radius 3 is 2.05 bits per heavy atom. The van der Waals surface area contributed by atoms with E-state index in [-0.39, 0.29) is 22.8 Å². The second-order valence-electron chi connectivity index (χ2n) is 10.6. The van der Waals surface area contributed by atoms with Gasteiger partial charge in [0, 0.05) is 37.8 Å². The van der Waals surface area contributed by atoms with E-state index in [1.807, 2.05) is 30.3 Å². The number of rotatable bonds is 11. The number of carbonyl (C=O) groups excluding carboxylic acids is 1. The molecule has 198 valence electrons. The third kappa shape index (κ3) is 8.52. The highest BCUT2D eigenvalue weighted by atomic mass is 32.2. The number of hydrogen-bond donors (Lipinski definition) is 2. The third-order valence-corrected chi connectivity index (χ3v) is 7.77. The van der Waals surface area contributed by atoms with Crippen LogP contribution in [0.3, 0.4) is 0 Å². The minimum absolute atomic E-state index is 0.0419. The lowest BCUT2D eigenvalue weighted by molar-refractivity contribution is 0.0944. The van der Waals surface area contributed by atoms with Crippen LogP contribution in [0.4, 0.5) is 0 Å². The predicted octanol–water partition coefficient (Wildman–Crippen LogP) is 5.10. The van der Waals surface area contributed by atoms with Crippen LogP contribution >= 0.6 is 0 Å². The van der Waals surface area contributed by atoms with Crippen LogP contribution in [0.25, 0.3) is 0 Å². The van der Waals surface area contributed by atoms with Gasteiger partial charge in [0.1, 0.15) is 0 Å². The maximum Gasteiger partial charge on any atom is 0.251 e. The zero-order chi connectivity index (χ0) is 27.1. The first kappa shape index (κ1) is 28.6. The minimum atomic E-state index is -3.63. The van der Waals surface area contributed by atoms with Gasteiger partial charge in [-0.15, -0.1) is 0 Å². The fourth-order valence-corrected chi connectivity index (χ4v) is 4.94. The molecule has 3 rings (SSSR count). The lowest BCUT2D eigenvalue weighted by Gasteiger charge is -2.26. The molecule has 0 heterocycles. The average Bonchev–Trinajstić information content (AvgIpc) is 2.87. The molecule has 0 spiro atoms. The number of carbonyl (C=O) groups is 1. The summed E-state index contributed by atoms with van der Waals surface area (Å²) in [4.78, 5) is 15.2. The standard InChI is InChI=1S/C30H39N3O3S/c1-23(2)33(22-25-9-7-6-8-10-25)20-19-31-29(34)26-13-11-24(12-14-26)21-32-37(35,36)28-17-15-27(16-18-28)30(3,4)5/h6-18,23,32H,19-22H2,1-5H3,(H,31,34). The molecule has 0 atom stereocenters. The molecule has 0 unspecified atom stereocenters. The molecule has 0 bridgehead atoms. The number of hydrogen-bond acceptors (Lipinski definition) is 4. The van der Waals surface area contributed by atoms with Gasteiger partial charge in [0.15, 0.2) is 0 Å². The normalized spacial score (nSPS) is 12.2. The van der Waals surface area contributed by atoms with Gasteiger partial charge in [-0.05, 0) is 60.2 Å². The molecule has 7 heteroatoms.